The van der Waals surface area contributed by atoms with Crippen molar-refractivity contribution in [1.82, 2.24) is 19.9 Å². The average molecular weight is 961 g/mol. The molecule has 0 radical (unpaired) electrons. The van der Waals surface area contributed by atoms with Gasteiger partial charge in [0.2, 0.25) is 0 Å². The maximum atomic E-state index is 17.7. The number of methoxy groups -OCH3 is 2. The van der Waals surface area contributed by atoms with Gasteiger partial charge in [-0.25, -0.2) is 9.37 Å². The van der Waals surface area contributed by atoms with E-state index in [0.717, 1.165) is 14.2 Å². The molecular formula is C53H36ClF7N4O4. The number of alkyl halides is 7. The Balaban J connectivity index is 1.60. The number of H-pyrrole nitrogens is 2. The molecule has 16 heteroatoms. The molecule has 0 amide bonds. The third-order valence-corrected chi connectivity index (χ3v) is 12.2. The zero-order chi connectivity index (χ0) is 48.8. The number of hydrogen-bond acceptors (Lipinski definition) is 6. The average Bonchev–Trinajstić information content (AvgIpc) is 4.20. The summed E-state index contributed by atoms with van der Waals surface area (Å²) in [5, 5.41) is -6.03. The molecule has 9 rings (SSSR count). The highest BCUT2D eigenvalue weighted by molar-refractivity contribution is 6.22. The number of allylic oxidation sites excluding steroid dienone is 2. The number of aromatic amines is 2. The highest BCUT2D eigenvalue weighted by atomic mass is 35.5. The molecule has 0 spiro atoms. The first-order valence-electron chi connectivity index (χ1n) is 21.2. The van der Waals surface area contributed by atoms with Crippen molar-refractivity contribution in [2.45, 2.75) is 23.1 Å². The predicted molar refractivity (Wildman–Crippen MR) is 251 cm³/mol. The number of ether oxygens (including phenoxy) is 2. The van der Waals surface area contributed by atoms with Gasteiger partial charge in [-0.1, -0.05) is 121 Å². The monoisotopic (exact) mass is 960 g/mol. The summed E-state index contributed by atoms with van der Waals surface area (Å²) in [6.07, 6.45) is 3.67. The van der Waals surface area contributed by atoms with Crippen LogP contribution in [0.1, 0.15) is 28.7 Å². The number of aromatic nitrogens is 4. The first kappa shape index (κ1) is 46.3. The number of fused-ring (bicyclic) bond motifs is 8. The summed E-state index contributed by atoms with van der Waals surface area (Å²) in [5.74, 6) is -24.1. The zero-order valence-corrected chi connectivity index (χ0v) is 37.0. The quantitative estimate of drug-likeness (QED) is 0.0611. The molecule has 0 saturated carbocycles. The van der Waals surface area contributed by atoms with Gasteiger partial charge < -0.3 is 19.4 Å². The molecule has 3 aromatic heterocycles. The van der Waals surface area contributed by atoms with Crippen molar-refractivity contribution in [2.24, 2.45) is 5.92 Å². The number of rotatable bonds is 10. The van der Waals surface area contributed by atoms with Crippen molar-refractivity contribution < 1.29 is 49.8 Å². The van der Waals surface area contributed by atoms with Crippen LogP contribution in [0.25, 0.3) is 84.3 Å². The van der Waals surface area contributed by atoms with E-state index in [9.17, 15) is 18.4 Å². The lowest BCUT2D eigenvalue weighted by Crippen LogP contribution is -2.52. The third-order valence-electron chi connectivity index (χ3n) is 11.9. The van der Waals surface area contributed by atoms with E-state index in [1.807, 2.05) is 72.8 Å². The summed E-state index contributed by atoms with van der Waals surface area (Å²) in [6.45, 7) is 0. The summed E-state index contributed by atoms with van der Waals surface area (Å²) in [6, 6.07) is 40.4. The molecule has 8 bridgehead atoms. The largest absolute Gasteiger partial charge is 0.468 e. The summed E-state index contributed by atoms with van der Waals surface area (Å²) in [7, 11) is 1.69. The first-order valence-corrected chi connectivity index (χ1v) is 21.5. The van der Waals surface area contributed by atoms with E-state index >= 15 is 22.0 Å². The van der Waals surface area contributed by atoms with Gasteiger partial charge >= 0.3 is 29.2 Å². The van der Waals surface area contributed by atoms with Crippen LogP contribution in [0.4, 0.5) is 30.7 Å². The van der Waals surface area contributed by atoms with Crippen LogP contribution >= 0.6 is 11.6 Å². The van der Waals surface area contributed by atoms with E-state index < -0.39 is 63.8 Å². The minimum Gasteiger partial charge on any atom is -0.468 e. The van der Waals surface area contributed by atoms with Crippen LogP contribution in [-0.2, 0) is 19.1 Å². The smallest absolute Gasteiger partial charge is 0.393 e. The standard InChI is InChI=1S/C53H36ClF7N4O4/c1-68-49(66)45(50(67)69-2)43-44(48(55)51(56,57)52(58,59)53(54,60)61)47-42(32-21-13-6-14-22-32)38-28-26-36(64-38)40(30-17-9-4-10-18-30)34-24-23-33(62-34)39(29-15-7-3-8-16-29)35-25-27-37(63-35)41(46(43)65-47)31-19-11-5-12-20-31/h3-28,43,45,63-64H,1-2H3/b39-33?,39-35?,40-34?,40-36?,41-37?,42-38?,46-41?,47-42?,48-44+. The van der Waals surface area contributed by atoms with Crippen LogP contribution in [0.15, 0.2) is 151 Å². The van der Waals surface area contributed by atoms with E-state index in [4.69, 9.17) is 19.4 Å². The van der Waals surface area contributed by atoms with Crippen molar-refractivity contribution in [2.75, 3.05) is 14.2 Å². The Bertz CT molecular complexity index is 3340. The van der Waals surface area contributed by atoms with Crippen molar-refractivity contribution in [3.05, 3.63) is 174 Å². The summed E-state index contributed by atoms with van der Waals surface area (Å²) in [5.41, 5.74) is 1.73. The topological polar surface area (TPSA) is 110 Å². The van der Waals surface area contributed by atoms with Gasteiger partial charge in [0.15, 0.2) is 11.7 Å². The Morgan fingerprint density at radius 1 is 0.551 bits per heavy atom. The fraction of sp³-hybridized carbons (Fsp3) is 0.132. The first-order chi connectivity index (χ1) is 33.1. The van der Waals surface area contributed by atoms with Gasteiger partial charge in [0.1, 0.15) is 0 Å². The lowest BCUT2D eigenvalue weighted by atomic mass is 9.79. The second-order valence-corrected chi connectivity index (χ2v) is 16.4. The van der Waals surface area contributed by atoms with E-state index in [0.29, 0.717) is 44.7 Å². The number of nitrogens with one attached hydrogen (secondary N) is 2. The second-order valence-electron chi connectivity index (χ2n) is 16.0. The van der Waals surface area contributed by atoms with Crippen molar-refractivity contribution in [1.29, 1.82) is 0 Å². The highest BCUT2D eigenvalue weighted by Crippen LogP contribution is 2.58. The van der Waals surface area contributed by atoms with Crippen LogP contribution in [0.5, 0.6) is 0 Å². The van der Waals surface area contributed by atoms with Gasteiger partial charge in [0.25, 0.3) is 0 Å². The van der Waals surface area contributed by atoms with Crippen LogP contribution < -0.4 is 0 Å². The number of carbonyl (C=O) groups excluding carboxylic acids is 2. The van der Waals surface area contributed by atoms with E-state index in [1.165, 1.54) is 18.2 Å². The number of halogens is 8. The normalized spacial score (nSPS) is 14.7. The summed E-state index contributed by atoms with van der Waals surface area (Å²) >= 11 is 4.66. The maximum absolute atomic E-state index is 17.7. The van der Waals surface area contributed by atoms with Crippen LogP contribution in [-0.4, -0.2) is 63.3 Å². The number of hydrogen-bond donors (Lipinski definition) is 2. The fourth-order valence-electron chi connectivity index (χ4n) is 8.79. The molecule has 1 atom stereocenters. The Hall–Kier alpha value is -7.78. The number of esters is 2. The number of carbonyl (C=O) groups is 2. The fourth-order valence-corrected chi connectivity index (χ4v) is 8.90. The molecule has 0 fully saturated rings. The molecule has 348 valence electrons. The molecule has 7 aromatic rings. The van der Waals surface area contributed by atoms with E-state index in [-0.39, 0.29) is 33.3 Å². The van der Waals surface area contributed by atoms with Crippen molar-refractivity contribution >= 4 is 63.3 Å². The zero-order valence-electron chi connectivity index (χ0n) is 36.2. The van der Waals surface area contributed by atoms with E-state index in [1.54, 1.807) is 66.7 Å². The van der Waals surface area contributed by atoms with Gasteiger partial charge in [0, 0.05) is 49.9 Å². The molecular weight excluding hydrogens is 925 g/mol. The highest BCUT2D eigenvalue weighted by Gasteiger charge is 2.74. The van der Waals surface area contributed by atoms with Gasteiger partial charge in [0.05, 0.1) is 42.9 Å². The minimum absolute atomic E-state index is 0.0259. The Labute approximate surface area is 393 Å². The second kappa shape index (κ2) is 18.0. The van der Waals surface area contributed by atoms with Crippen molar-refractivity contribution in [3.8, 4) is 44.5 Å². The molecule has 2 aliphatic heterocycles. The van der Waals surface area contributed by atoms with Crippen LogP contribution in [0.3, 0.4) is 0 Å². The molecule has 2 aliphatic rings. The molecule has 0 saturated heterocycles. The SMILES string of the molecule is COC(=O)C(C(=O)OC)C1/C(=C(\F)C(F)(F)C(F)(F)C(F)(F)Cl)c2nc1c(-c1ccccc1)c1ccc([nH]1)c(-c1ccccc1)c1nc(c(-c3ccccc3)c3ccc([nH]3)c2-c2ccccc2)C=C1. The lowest BCUT2D eigenvalue weighted by Gasteiger charge is -2.30. The Morgan fingerprint density at radius 3 is 1.30 bits per heavy atom. The van der Waals surface area contributed by atoms with E-state index in [2.05, 4.69) is 21.6 Å². The van der Waals surface area contributed by atoms with Gasteiger partial charge in [-0.15, -0.1) is 0 Å². The predicted octanol–water partition coefficient (Wildman–Crippen LogP) is 13.7. The van der Waals surface area contributed by atoms with Crippen molar-refractivity contribution in [3.63, 3.8) is 0 Å². The molecule has 0 aliphatic carbocycles. The summed E-state index contributed by atoms with van der Waals surface area (Å²) in [4.78, 5) is 44.8. The van der Waals surface area contributed by atoms with Gasteiger partial charge in [-0.3, -0.25) is 14.6 Å². The lowest BCUT2D eigenvalue weighted by molar-refractivity contribution is -0.269. The van der Waals surface area contributed by atoms with Crippen LogP contribution in [0.2, 0.25) is 0 Å². The Morgan fingerprint density at radius 2 is 0.913 bits per heavy atom. The molecule has 69 heavy (non-hydrogen) atoms. The Kier molecular flexibility index (Phi) is 12.1. The van der Waals surface area contributed by atoms with Crippen LogP contribution in [0, 0.1) is 5.92 Å². The van der Waals surface area contributed by atoms with Gasteiger partial charge in [-0.05, 0) is 70.3 Å². The number of nitrogens with zero attached hydrogens (tertiary/aromatic N) is 2. The minimum atomic E-state index is -6.61. The number of benzene rings is 4. The maximum Gasteiger partial charge on any atom is 0.393 e. The molecule has 1 unspecified atom stereocenters. The summed E-state index contributed by atoms with van der Waals surface area (Å²) < 4.78 is 121. The third kappa shape index (κ3) is 8.05. The molecule has 8 nitrogen and oxygen atoms in total. The molecule has 4 aromatic carbocycles. The molecule has 5 heterocycles. The molecule has 2 N–H and O–H groups in total. The van der Waals surface area contributed by atoms with Gasteiger partial charge in [-0.2, -0.15) is 26.3 Å².